The molecule has 0 aliphatic carbocycles. The SMILES string of the molecule is CCc1ccccc1N(Cn1cccn1)C(=O)CCl. The molecule has 1 heterocycles. The van der Waals surface area contributed by atoms with Gasteiger partial charge in [-0.15, -0.1) is 11.6 Å². The zero-order chi connectivity index (χ0) is 13.7. The van der Waals surface area contributed by atoms with Crippen molar-refractivity contribution in [3.63, 3.8) is 0 Å². The maximum atomic E-state index is 12.1. The summed E-state index contributed by atoms with van der Waals surface area (Å²) >= 11 is 5.71. The number of rotatable bonds is 5. The quantitative estimate of drug-likeness (QED) is 0.788. The predicted octanol–water partition coefficient (Wildman–Crippen LogP) is 2.68. The minimum Gasteiger partial charge on any atom is -0.291 e. The molecule has 100 valence electrons. The van der Waals surface area contributed by atoms with E-state index in [4.69, 9.17) is 11.6 Å². The summed E-state index contributed by atoms with van der Waals surface area (Å²) in [6.45, 7) is 2.44. The van der Waals surface area contributed by atoms with Gasteiger partial charge in [0, 0.05) is 18.1 Å². The summed E-state index contributed by atoms with van der Waals surface area (Å²) in [7, 11) is 0. The van der Waals surface area contributed by atoms with Crippen LogP contribution in [0, 0.1) is 0 Å². The van der Waals surface area contributed by atoms with Crippen LogP contribution in [0.2, 0.25) is 0 Å². The van der Waals surface area contributed by atoms with Crippen molar-refractivity contribution >= 4 is 23.2 Å². The molecule has 0 atom stereocenters. The molecule has 0 aliphatic heterocycles. The molecule has 0 N–H and O–H groups in total. The van der Waals surface area contributed by atoms with Gasteiger partial charge in [0.15, 0.2) is 0 Å². The van der Waals surface area contributed by atoms with Gasteiger partial charge in [0.05, 0.1) is 0 Å². The third-order valence-electron chi connectivity index (χ3n) is 2.92. The fraction of sp³-hybridized carbons (Fsp3) is 0.286. The minimum atomic E-state index is -0.127. The summed E-state index contributed by atoms with van der Waals surface area (Å²) in [5, 5.41) is 4.13. The van der Waals surface area contributed by atoms with Crippen molar-refractivity contribution in [3.05, 3.63) is 48.3 Å². The molecule has 0 radical (unpaired) electrons. The van der Waals surface area contributed by atoms with E-state index in [1.54, 1.807) is 15.8 Å². The molecule has 0 saturated carbocycles. The number of halogens is 1. The Morgan fingerprint density at radius 1 is 1.37 bits per heavy atom. The van der Waals surface area contributed by atoms with Gasteiger partial charge in [-0.1, -0.05) is 25.1 Å². The van der Waals surface area contributed by atoms with Crippen LogP contribution in [0.4, 0.5) is 5.69 Å². The monoisotopic (exact) mass is 277 g/mol. The Kier molecular flexibility index (Phi) is 4.58. The van der Waals surface area contributed by atoms with Crippen LogP contribution in [0.25, 0.3) is 0 Å². The molecule has 2 rings (SSSR count). The molecule has 0 spiro atoms. The minimum absolute atomic E-state index is 0.0423. The van der Waals surface area contributed by atoms with Gasteiger partial charge in [-0.2, -0.15) is 5.10 Å². The average molecular weight is 278 g/mol. The van der Waals surface area contributed by atoms with Gasteiger partial charge in [0.25, 0.3) is 0 Å². The molecule has 0 fully saturated rings. The number of alkyl halides is 1. The number of amides is 1. The molecule has 1 aromatic carbocycles. The predicted molar refractivity (Wildman–Crippen MR) is 76.3 cm³/mol. The van der Waals surface area contributed by atoms with E-state index in [1.165, 1.54) is 0 Å². The molecular formula is C14H16ClN3O. The number of carbonyl (C=O) groups is 1. The van der Waals surface area contributed by atoms with E-state index in [0.29, 0.717) is 6.67 Å². The maximum absolute atomic E-state index is 12.1. The molecule has 0 bridgehead atoms. The molecule has 0 saturated heterocycles. The number of benzene rings is 1. The van der Waals surface area contributed by atoms with Crippen molar-refractivity contribution in [2.45, 2.75) is 20.0 Å². The highest BCUT2D eigenvalue weighted by molar-refractivity contribution is 6.29. The third-order valence-corrected chi connectivity index (χ3v) is 3.15. The number of hydrogen-bond acceptors (Lipinski definition) is 2. The van der Waals surface area contributed by atoms with Crippen LogP contribution >= 0.6 is 11.6 Å². The van der Waals surface area contributed by atoms with Gasteiger partial charge < -0.3 is 0 Å². The molecule has 5 heteroatoms. The highest BCUT2D eigenvalue weighted by Gasteiger charge is 2.17. The zero-order valence-corrected chi connectivity index (χ0v) is 11.5. The van der Waals surface area contributed by atoms with Gasteiger partial charge >= 0.3 is 0 Å². The van der Waals surface area contributed by atoms with Gasteiger partial charge in [-0.3, -0.25) is 14.4 Å². The first kappa shape index (κ1) is 13.6. The molecule has 1 aromatic heterocycles. The fourth-order valence-electron chi connectivity index (χ4n) is 1.96. The normalized spacial score (nSPS) is 10.4. The number of para-hydroxylation sites is 1. The highest BCUT2D eigenvalue weighted by atomic mass is 35.5. The van der Waals surface area contributed by atoms with Crippen molar-refractivity contribution in [2.75, 3.05) is 10.8 Å². The van der Waals surface area contributed by atoms with Crippen LogP contribution in [-0.2, 0) is 17.9 Å². The Labute approximate surface area is 117 Å². The Hall–Kier alpha value is -1.81. The van der Waals surface area contributed by atoms with Crippen LogP contribution in [0.1, 0.15) is 12.5 Å². The lowest BCUT2D eigenvalue weighted by Gasteiger charge is -2.24. The summed E-state index contributed by atoms with van der Waals surface area (Å²) in [4.78, 5) is 13.7. The smallest absolute Gasteiger partial charge is 0.243 e. The summed E-state index contributed by atoms with van der Waals surface area (Å²) in [5.74, 6) is -0.169. The van der Waals surface area contributed by atoms with Crippen molar-refractivity contribution in [1.82, 2.24) is 9.78 Å². The first-order chi connectivity index (χ1) is 9.26. The second-order valence-corrected chi connectivity index (χ2v) is 4.39. The standard InChI is InChI=1S/C14H16ClN3O/c1-2-12-6-3-4-7-13(12)18(14(19)10-15)11-17-9-5-8-16-17/h3-9H,2,10-11H2,1H3. The van der Waals surface area contributed by atoms with Crippen LogP contribution in [0.3, 0.4) is 0 Å². The molecule has 0 aliphatic rings. The van der Waals surface area contributed by atoms with Crippen molar-refractivity contribution < 1.29 is 4.79 Å². The van der Waals surface area contributed by atoms with E-state index in [1.807, 2.05) is 36.5 Å². The number of hydrogen-bond donors (Lipinski definition) is 0. The Bertz CT molecular complexity index is 539. The van der Waals surface area contributed by atoms with Crippen molar-refractivity contribution in [2.24, 2.45) is 0 Å². The number of carbonyl (C=O) groups excluding carboxylic acids is 1. The van der Waals surface area contributed by atoms with E-state index in [0.717, 1.165) is 17.7 Å². The van der Waals surface area contributed by atoms with E-state index in [9.17, 15) is 4.79 Å². The Morgan fingerprint density at radius 2 is 2.16 bits per heavy atom. The average Bonchev–Trinajstić information content (AvgIpc) is 2.97. The first-order valence-corrected chi connectivity index (χ1v) is 6.71. The van der Waals surface area contributed by atoms with Crippen molar-refractivity contribution in [1.29, 1.82) is 0 Å². The number of anilines is 1. The lowest BCUT2D eigenvalue weighted by atomic mass is 10.1. The van der Waals surface area contributed by atoms with Crippen LogP contribution < -0.4 is 4.90 Å². The molecule has 19 heavy (non-hydrogen) atoms. The van der Waals surface area contributed by atoms with Gasteiger partial charge in [0.1, 0.15) is 12.5 Å². The topological polar surface area (TPSA) is 38.1 Å². The second kappa shape index (κ2) is 6.38. The van der Waals surface area contributed by atoms with Gasteiger partial charge in [-0.25, -0.2) is 0 Å². The lowest BCUT2D eigenvalue weighted by Crippen LogP contribution is -2.34. The van der Waals surface area contributed by atoms with Gasteiger partial charge in [-0.05, 0) is 24.1 Å². The summed E-state index contributed by atoms with van der Waals surface area (Å²) in [6, 6.07) is 9.68. The molecule has 2 aromatic rings. The van der Waals surface area contributed by atoms with Crippen LogP contribution in [0.15, 0.2) is 42.7 Å². The second-order valence-electron chi connectivity index (χ2n) is 4.12. The number of aryl methyl sites for hydroxylation is 1. The van der Waals surface area contributed by atoms with E-state index in [2.05, 4.69) is 12.0 Å². The molecule has 4 nitrogen and oxygen atoms in total. The highest BCUT2D eigenvalue weighted by Crippen LogP contribution is 2.22. The van der Waals surface area contributed by atoms with E-state index >= 15 is 0 Å². The van der Waals surface area contributed by atoms with Crippen LogP contribution in [0.5, 0.6) is 0 Å². The van der Waals surface area contributed by atoms with E-state index in [-0.39, 0.29) is 11.8 Å². The van der Waals surface area contributed by atoms with Crippen LogP contribution in [-0.4, -0.2) is 21.6 Å². The molecule has 1 amide bonds. The Balaban J connectivity index is 2.34. The Morgan fingerprint density at radius 3 is 2.79 bits per heavy atom. The number of aromatic nitrogens is 2. The molecule has 0 unspecified atom stereocenters. The van der Waals surface area contributed by atoms with Gasteiger partial charge in [0.2, 0.25) is 5.91 Å². The largest absolute Gasteiger partial charge is 0.291 e. The molecular weight excluding hydrogens is 262 g/mol. The van der Waals surface area contributed by atoms with E-state index < -0.39 is 0 Å². The summed E-state index contributed by atoms with van der Waals surface area (Å²) in [6.07, 6.45) is 4.37. The zero-order valence-electron chi connectivity index (χ0n) is 10.8. The summed E-state index contributed by atoms with van der Waals surface area (Å²) < 4.78 is 1.71. The maximum Gasteiger partial charge on any atom is 0.243 e. The number of nitrogens with zero attached hydrogens (tertiary/aromatic N) is 3. The lowest BCUT2D eigenvalue weighted by molar-refractivity contribution is -0.116. The first-order valence-electron chi connectivity index (χ1n) is 6.18. The fourth-order valence-corrected chi connectivity index (χ4v) is 2.11. The third kappa shape index (κ3) is 3.15. The van der Waals surface area contributed by atoms with Crippen molar-refractivity contribution in [3.8, 4) is 0 Å². The summed E-state index contributed by atoms with van der Waals surface area (Å²) in [5.41, 5.74) is 2.01.